The van der Waals surface area contributed by atoms with Gasteiger partial charge in [-0.15, -0.1) is 12.4 Å². The van der Waals surface area contributed by atoms with Gasteiger partial charge in [-0.25, -0.2) is 9.97 Å². The predicted molar refractivity (Wildman–Crippen MR) is 118 cm³/mol. The van der Waals surface area contributed by atoms with E-state index in [1.165, 1.54) is 6.42 Å². The summed E-state index contributed by atoms with van der Waals surface area (Å²) >= 11 is 7.86. The Balaban J connectivity index is 0.00000225. The maximum Gasteiger partial charge on any atom is 0.231 e. The maximum absolute atomic E-state index is 13.3. The van der Waals surface area contributed by atoms with Gasteiger partial charge in [0.2, 0.25) is 5.91 Å². The summed E-state index contributed by atoms with van der Waals surface area (Å²) in [5.74, 6) is 0.338. The van der Waals surface area contributed by atoms with Crippen molar-refractivity contribution in [2.75, 3.05) is 11.4 Å². The number of carbonyl (C=O) groups is 1. The SMILES string of the molecule is Cl.O=C(C1CCCCC1)N(CCCn1ccnc1)c1nc2c(Cl)cccc2s1. The minimum Gasteiger partial charge on any atom is -0.337 e. The highest BCUT2D eigenvalue weighted by Crippen LogP contribution is 2.35. The molecule has 3 aromatic rings. The van der Waals surface area contributed by atoms with E-state index in [2.05, 4.69) is 4.98 Å². The van der Waals surface area contributed by atoms with Crippen LogP contribution >= 0.6 is 35.3 Å². The van der Waals surface area contributed by atoms with Crippen molar-refractivity contribution in [2.45, 2.75) is 45.1 Å². The van der Waals surface area contributed by atoms with E-state index in [4.69, 9.17) is 16.6 Å². The minimum atomic E-state index is 0. The highest BCUT2D eigenvalue weighted by molar-refractivity contribution is 7.22. The Kier molecular flexibility index (Phi) is 7.32. The lowest BCUT2D eigenvalue weighted by molar-refractivity contribution is -0.123. The van der Waals surface area contributed by atoms with Gasteiger partial charge < -0.3 is 4.57 Å². The van der Waals surface area contributed by atoms with Crippen molar-refractivity contribution in [3.63, 3.8) is 0 Å². The molecule has 0 atom stereocenters. The quantitative estimate of drug-likeness (QED) is 0.505. The van der Waals surface area contributed by atoms with E-state index in [1.807, 2.05) is 40.2 Å². The Morgan fingerprint density at radius 1 is 1.29 bits per heavy atom. The van der Waals surface area contributed by atoms with Crippen molar-refractivity contribution in [1.82, 2.24) is 14.5 Å². The van der Waals surface area contributed by atoms with Crippen LogP contribution in [0, 0.1) is 5.92 Å². The van der Waals surface area contributed by atoms with E-state index in [-0.39, 0.29) is 24.2 Å². The lowest BCUT2D eigenvalue weighted by Gasteiger charge is -2.27. The molecule has 1 aliphatic carbocycles. The number of hydrogen-bond donors (Lipinski definition) is 0. The lowest BCUT2D eigenvalue weighted by Crippen LogP contribution is -2.38. The zero-order chi connectivity index (χ0) is 18.6. The molecule has 8 heteroatoms. The molecule has 2 aromatic heterocycles. The fourth-order valence-corrected chi connectivity index (χ4v) is 5.02. The number of carbonyl (C=O) groups excluding carboxylic acids is 1. The first-order valence-corrected chi connectivity index (χ1v) is 10.7. The number of benzene rings is 1. The summed E-state index contributed by atoms with van der Waals surface area (Å²) in [6.07, 6.45) is 11.9. The second-order valence-electron chi connectivity index (χ2n) is 7.06. The number of amides is 1. The van der Waals surface area contributed by atoms with Crippen LogP contribution in [0.15, 0.2) is 36.9 Å². The van der Waals surface area contributed by atoms with Gasteiger partial charge in [0.15, 0.2) is 5.13 Å². The van der Waals surface area contributed by atoms with Gasteiger partial charge in [-0.3, -0.25) is 9.69 Å². The van der Waals surface area contributed by atoms with Gasteiger partial charge in [-0.05, 0) is 31.4 Å². The molecule has 0 saturated heterocycles. The highest BCUT2D eigenvalue weighted by Gasteiger charge is 2.28. The number of fused-ring (bicyclic) bond motifs is 1. The first kappa shape index (κ1) is 21.1. The van der Waals surface area contributed by atoms with Crippen molar-refractivity contribution in [3.8, 4) is 0 Å². The van der Waals surface area contributed by atoms with Crippen molar-refractivity contribution >= 4 is 56.6 Å². The van der Waals surface area contributed by atoms with Crippen LogP contribution in [0.4, 0.5) is 5.13 Å². The summed E-state index contributed by atoms with van der Waals surface area (Å²) in [7, 11) is 0. The molecule has 0 spiro atoms. The summed E-state index contributed by atoms with van der Waals surface area (Å²) in [5, 5.41) is 1.40. The van der Waals surface area contributed by atoms with Gasteiger partial charge in [0.05, 0.1) is 16.0 Å². The highest BCUT2D eigenvalue weighted by atomic mass is 35.5. The number of rotatable bonds is 6. The molecule has 1 aliphatic rings. The number of thiazole rings is 1. The molecule has 5 nitrogen and oxygen atoms in total. The molecule has 1 saturated carbocycles. The van der Waals surface area contributed by atoms with Crippen molar-refractivity contribution in [3.05, 3.63) is 41.9 Å². The largest absolute Gasteiger partial charge is 0.337 e. The molecular formula is C20H24Cl2N4OS. The van der Waals surface area contributed by atoms with Gasteiger partial charge >= 0.3 is 0 Å². The molecule has 2 heterocycles. The van der Waals surface area contributed by atoms with Crippen LogP contribution in [0.3, 0.4) is 0 Å². The van der Waals surface area contributed by atoms with Crippen LogP contribution in [0.5, 0.6) is 0 Å². The van der Waals surface area contributed by atoms with Crippen LogP contribution < -0.4 is 4.90 Å². The third kappa shape index (κ3) is 4.67. The summed E-state index contributed by atoms with van der Waals surface area (Å²) in [6, 6.07) is 5.79. The predicted octanol–water partition coefficient (Wildman–Crippen LogP) is 5.57. The number of nitrogens with zero attached hydrogens (tertiary/aromatic N) is 4. The van der Waals surface area contributed by atoms with E-state index in [0.717, 1.165) is 54.0 Å². The smallest absolute Gasteiger partial charge is 0.231 e. The van der Waals surface area contributed by atoms with Gasteiger partial charge in [0.25, 0.3) is 0 Å². The Hall–Kier alpha value is -1.63. The first-order chi connectivity index (χ1) is 13.2. The average Bonchev–Trinajstić information content (AvgIpc) is 3.36. The first-order valence-electron chi connectivity index (χ1n) is 9.54. The van der Waals surface area contributed by atoms with E-state index < -0.39 is 0 Å². The normalized spacial score (nSPS) is 14.8. The summed E-state index contributed by atoms with van der Waals surface area (Å²) in [5.41, 5.74) is 0.787. The fraction of sp³-hybridized carbons (Fsp3) is 0.450. The monoisotopic (exact) mass is 438 g/mol. The standard InChI is InChI=1S/C20H23ClN4OS.ClH/c21-16-8-4-9-17-18(16)23-20(27-17)25(12-5-11-24-13-10-22-14-24)19(26)15-6-2-1-3-7-15;/h4,8-10,13-15H,1-3,5-7,11-12H2;1H. The zero-order valence-electron chi connectivity index (χ0n) is 15.6. The maximum atomic E-state index is 13.3. The minimum absolute atomic E-state index is 0. The Labute approximate surface area is 180 Å². The van der Waals surface area contributed by atoms with Gasteiger partial charge in [0, 0.05) is 31.4 Å². The second kappa shape index (κ2) is 9.72. The number of aromatic nitrogens is 3. The van der Waals surface area contributed by atoms with Crippen LogP contribution in [0.25, 0.3) is 10.2 Å². The van der Waals surface area contributed by atoms with Crippen LogP contribution in [-0.2, 0) is 11.3 Å². The van der Waals surface area contributed by atoms with Crippen LogP contribution in [-0.4, -0.2) is 27.0 Å². The van der Waals surface area contributed by atoms with E-state index in [1.54, 1.807) is 17.5 Å². The summed E-state index contributed by atoms with van der Waals surface area (Å²) in [4.78, 5) is 24.0. The molecule has 28 heavy (non-hydrogen) atoms. The van der Waals surface area contributed by atoms with Gasteiger partial charge in [-0.2, -0.15) is 0 Å². The zero-order valence-corrected chi connectivity index (χ0v) is 18.0. The number of imidazole rings is 1. The Morgan fingerprint density at radius 2 is 2.11 bits per heavy atom. The molecule has 1 aromatic carbocycles. The number of para-hydroxylation sites is 1. The molecule has 0 bridgehead atoms. The molecule has 1 fully saturated rings. The third-order valence-electron chi connectivity index (χ3n) is 5.17. The third-order valence-corrected chi connectivity index (χ3v) is 6.52. The fourth-order valence-electron chi connectivity index (χ4n) is 3.72. The van der Waals surface area contributed by atoms with Crippen molar-refractivity contribution < 1.29 is 4.79 Å². The van der Waals surface area contributed by atoms with E-state index >= 15 is 0 Å². The molecule has 0 unspecified atom stereocenters. The van der Waals surface area contributed by atoms with Crippen LogP contribution in [0.1, 0.15) is 38.5 Å². The van der Waals surface area contributed by atoms with Crippen LogP contribution in [0.2, 0.25) is 5.02 Å². The lowest BCUT2D eigenvalue weighted by atomic mass is 9.88. The molecule has 0 radical (unpaired) electrons. The topological polar surface area (TPSA) is 51.0 Å². The molecule has 0 N–H and O–H groups in total. The molecule has 0 aliphatic heterocycles. The van der Waals surface area contributed by atoms with Gasteiger partial charge in [0.1, 0.15) is 5.52 Å². The van der Waals surface area contributed by atoms with Crippen molar-refractivity contribution in [2.24, 2.45) is 5.92 Å². The van der Waals surface area contributed by atoms with Crippen molar-refractivity contribution in [1.29, 1.82) is 0 Å². The number of anilines is 1. The Bertz CT molecular complexity index is 906. The molecular weight excluding hydrogens is 415 g/mol. The Morgan fingerprint density at radius 3 is 2.82 bits per heavy atom. The van der Waals surface area contributed by atoms with E-state index in [0.29, 0.717) is 11.6 Å². The van der Waals surface area contributed by atoms with E-state index in [9.17, 15) is 4.79 Å². The molecule has 4 rings (SSSR count). The molecule has 150 valence electrons. The average molecular weight is 439 g/mol. The molecule has 1 amide bonds. The number of hydrogen-bond acceptors (Lipinski definition) is 4. The summed E-state index contributed by atoms with van der Waals surface area (Å²) in [6.45, 7) is 1.49. The van der Waals surface area contributed by atoms with Gasteiger partial charge in [-0.1, -0.05) is 48.3 Å². The second-order valence-corrected chi connectivity index (χ2v) is 8.48. The number of aryl methyl sites for hydroxylation is 1. The summed E-state index contributed by atoms with van der Waals surface area (Å²) < 4.78 is 3.06. The number of halogens is 2.